The van der Waals surface area contributed by atoms with Crippen molar-refractivity contribution in [3.63, 3.8) is 0 Å². The van der Waals surface area contributed by atoms with E-state index in [4.69, 9.17) is 0 Å². The average Bonchev–Trinajstić information content (AvgIpc) is 3.32. The van der Waals surface area contributed by atoms with Crippen LogP contribution in [0, 0.1) is 29.6 Å². The first-order valence-corrected chi connectivity index (χ1v) is 13.4. The summed E-state index contributed by atoms with van der Waals surface area (Å²) in [7, 11) is 0. The van der Waals surface area contributed by atoms with Crippen LogP contribution in [-0.2, 0) is 20.8 Å². The third-order valence-electron chi connectivity index (χ3n) is 8.58. The molecule has 2 fully saturated rings. The summed E-state index contributed by atoms with van der Waals surface area (Å²) >= 11 is 0. The highest BCUT2D eigenvalue weighted by Crippen LogP contribution is 2.41. The van der Waals surface area contributed by atoms with Gasteiger partial charge in [0.2, 0.25) is 11.6 Å². The monoisotopic (exact) mass is 456 g/mol. The molecule has 3 nitrogen and oxygen atoms in total. The van der Waals surface area contributed by atoms with Gasteiger partial charge in [-0.2, -0.15) is 0 Å². The minimum atomic E-state index is -0.293. The molecule has 4 unspecified atom stereocenters. The van der Waals surface area contributed by atoms with E-state index in [0.717, 1.165) is 69.8 Å². The van der Waals surface area contributed by atoms with Crippen LogP contribution in [0.3, 0.4) is 0 Å². The fraction of sp³-hybridized carbons (Fsp3) is 0.516. The van der Waals surface area contributed by atoms with Crippen LogP contribution in [0.5, 0.6) is 0 Å². The summed E-state index contributed by atoms with van der Waals surface area (Å²) in [6.07, 6.45) is 19.0. The van der Waals surface area contributed by atoms with Crippen molar-refractivity contribution in [2.45, 2.75) is 70.6 Å². The van der Waals surface area contributed by atoms with Gasteiger partial charge in [0.05, 0.1) is 0 Å². The van der Waals surface area contributed by atoms with Crippen molar-refractivity contribution in [3.05, 3.63) is 71.3 Å². The fourth-order valence-corrected chi connectivity index (χ4v) is 6.66. The highest BCUT2D eigenvalue weighted by molar-refractivity contribution is 6.44. The lowest BCUT2D eigenvalue weighted by molar-refractivity contribution is -0.137. The molecule has 0 aliphatic heterocycles. The first-order chi connectivity index (χ1) is 16.6. The predicted molar refractivity (Wildman–Crippen MR) is 134 cm³/mol. The Morgan fingerprint density at radius 1 is 0.853 bits per heavy atom. The van der Waals surface area contributed by atoms with Crippen molar-refractivity contribution in [2.24, 2.45) is 29.6 Å². The molecule has 4 aliphatic rings. The third kappa shape index (κ3) is 4.94. The summed E-state index contributed by atoms with van der Waals surface area (Å²) in [6, 6.07) is 10.6. The number of carbonyl (C=O) groups is 3. The van der Waals surface area contributed by atoms with Crippen molar-refractivity contribution in [3.8, 4) is 0 Å². The Morgan fingerprint density at radius 2 is 1.62 bits per heavy atom. The zero-order valence-electron chi connectivity index (χ0n) is 20.1. The van der Waals surface area contributed by atoms with E-state index in [1.165, 1.54) is 12.0 Å². The van der Waals surface area contributed by atoms with E-state index < -0.39 is 0 Å². The summed E-state index contributed by atoms with van der Waals surface area (Å²) in [4.78, 5) is 39.6. The average molecular weight is 457 g/mol. The summed E-state index contributed by atoms with van der Waals surface area (Å²) < 4.78 is 0. The standard InChI is InChI=1S/C31H36O3/c32-29(25-13-7-10-22(19-25)18-21-8-3-1-4-9-21)26-15-14-23-16-17-27(28(23)20-26)31(34)30(33)24-11-5-2-6-12-24/h1,3-4,8-9,14-15,17,20,22-25,28H,2,5-7,10-13,16,18-19H2. The van der Waals surface area contributed by atoms with Gasteiger partial charge >= 0.3 is 0 Å². The van der Waals surface area contributed by atoms with Crippen LogP contribution < -0.4 is 0 Å². The predicted octanol–water partition coefficient (Wildman–Crippen LogP) is 6.38. The highest BCUT2D eigenvalue weighted by atomic mass is 16.2. The lowest BCUT2D eigenvalue weighted by atomic mass is 9.73. The molecule has 1 aromatic rings. The zero-order chi connectivity index (χ0) is 23.5. The quantitative estimate of drug-likeness (QED) is 0.447. The Balaban J connectivity index is 1.25. The number of hydrogen-bond donors (Lipinski definition) is 0. The normalized spacial score (nSPS) is 29.2. The second-order valence-corrected chi connectivity index (χ2v) is 10.9. The summed E-state index contributed by atoms with van der Waals surface area (Å²) in [5, 5.41) is 0. The number of carbonyl (C=O) groups excluding carboxylic acids is 3. The number of fused-ring (bicyclic) bond motifs is 1. The largest absolute Gasteiger partial charge is 0.294 e. The lowest BCUT2D eigenvalue weighted by Gasteiger charge is -2.30. The molecule has 0 heterocycles. The molecule has 178 valence electrons. The van der Waals surface area contributed by atoms with Gasteiger partial charge in [-0.25, -0.2) is 0 Å². The van der Waals surface area contributed by atoms with Crippen LogP contribution in [0.1, 0.15) is 69.8 Å². The maximum atomic E-state index is 13.5. The topological polar surface area (TPSA) is 51.2 Å². The van der Waals surface area contributed by atoms with Gasteiger partial charge in [-0.3, -0.25) is 14.4 Å². The van der Waals surface area contributed by atoms with Gasteiger partial charge < -0.3 is 0 Å². The molecular formula is C31H36O3. The second kappa shape index (κ2) is 10.4. The van der Waals surface area contributed by atoms with Gasteiger partial charge in [0.1, 0.15) is 0 Å². The summed E-state index contributed by atoms with van der Waals surface area (Å²) in [5.41, 5.74) is 2.74. The van der Waals surface area contributed by atoms with Gasteiger partial charge in [-0.15, -0.1) is 0 Å². The van der Waals surface area contributed by atoms with Gasteiger partial charge in [0, 0.05) is 28.9 Å². The number of ketones is 3. The zero-order valence-corrected chi connectivity index (χ0v) is 20.1. The molecule has 34 heavy (non-hydrogen) atoms. The van der Waals surface area contributed by atoms with Gasteiger partial charge in [-0.1, -0.05) is 86.7 Å². The first-order valence-electron chi connectivity index (χ1n) is 13.4. The molecule has 3 heteroatoms. The molecule has 0 radical (unpaired) electrons. The number of allylic oxidation sites excluding steroid dienone is 6. The van der Waals surface area contributed by atoms with Gasteiger partial charge in [0.25, 0.3) is 0 Å². The number of benzene rings is 1. The van der Waals surface area contributed by atoms with Crippen LogP contribution >= 0.6 is 0 Å². The highest BCUT2D eigenvalue weighted by Gasteiger charge is 2.38. The second-order valence-electron chi connectivity index (χ2n) is 10.9. The van der Waals surface area contributed by atoms with Gasteiger partial charge in [0.15, 0.2) is 5.78 Å². The molecule has 4 aliphatic carbocycles. The van der Waals surface area contributed by atoms with E-state index in [1.54, 1.807) is 0 Å². The smallest absolute Gasteiger partial charge is 0.225 e. The van der Waals surface area contributed by atoms with Crippen molar-refractivity contribution in [1.29, 1.82) is 0 Å². The minimum Gasteiger partial charge on any atom is -0.294 e. The van der Waals surface area contributed by atoms with Crippen LogP contribution in [0.25, 0.3) is 0 Å². The molecule has 0 saturated heterocycles. The molecule has 0 amide bonds. The number of Topliss-reactive ketones (excluding diaryl/α,β-unsaturated/α-hetero) is 3. The number of hydrogen-bond acceptors (Lipinski definition) is 3. The molecule has 0 N–H and O–H groups in total. The molecule has 1 aromatic carbocycles. The maximum absolute atomic E-state index is 13.5. The Bertz CT molecular complexity index is 1020. The Morgan fingerprint density at radius 3 is 2.41 bits per heavy atom. The molecule has 4 atom stereocenters. The SMILES string of the molecule is O=C(C(=O)C1CCCCC1)C1=CCC2C=CC(C(=O)C3CCCC(Cc4ccccc4)C3)=CC12. The molecule has 0 bridgehead atoms. The van der Waals surface area contributed by atoms with Crippen LogP contribution in [0.15, 0.2) is 65.8 Å². The maximum Gasteiger partial charge on any atom is 0.225 e. The molecule has 0 aromatic heterocycles. The molecule has 0 spiro atoms. The van der Waals surface area contributed by atoms with Crippen LogP contribution in [0.4, 0.5) is 0 Å². The van der Waals surface area contributed by atoms with Crippen molar-refractivity contribution in [1.82, 2.24) is 0 Å². The van der Waals surface area contributed by atoms with E-state index in [0.29, 0.717) is 11.5 Å². The Kier molecular flexibility index (Phi) is 7.08. The molecular weight excluding hydrogens is 420 g/mol. The van der Waals surface area contributed by atoms with E-state index in [2.05, 4.69) is 30.3 Å². The molecule has 5 rings (SSSR count). The van der Waals surface area contributed by atoms with Crippen molar-refractivity contribution >= 4 is 17.3 Å². The number of rotatable bonds is 7. The third-order valence-corrected chi connectivity index (χ3v) is 8.58. The summed E-state index contributed by atoms with van der Waals surface area (Å²) in [5.74, 6) is 0.321. The molecule has 2 saturated carbocycles. The van der Waals surface area contributed by atoms with Crippen LogP contribution in [0.2, 0.25) is 0 Å². The fourth-order valence-electron chi connectivity index (χ4n) is 6.66. The van der Waals surface area contributed by atoms with Gasteiger partial charge in [-0.05, 0) is 55.9 Å². The Labute approximate surface area is 203 Å². The van der Waals surface area contributed by atoms with E-state index in [-0.39, 0.29) is 41.0 Å². The first kappa shape index (κ1) is 23.2. The van der Waals surface area contributed by atoms with E-state index in [1.807, 2.05) is 24.3 Å². The summed E-state index contributed by atoms with van der Waals surface area (Å²) in [6.45, 7) is 0. The minimum absolute atomic E-state index is 0.0586. The Hall–Kier alpha value is -2.55. The lowest BCUT2D eigenvalue weighted by Crippen LogP contribution is -2.30. The van der Waals surface area contributed by atoms with Crippen LogP contribution in [-0.4, -0.2) is 17.3 Å². The van der Waals surface area contributed by atoms with Crippen molar-refractivity contribution in [2.75, 3.05) is 0 Å². The van der Waals surface area contributed by atoms with E-state index in [9.17, 15) is 14.4 Å². The van der Waals surface area contributed by atoms with Crippen molar-refractivity contribution < 1.29 is 14.4 Å². The van der Waals surface area contributed by atoms with E-state index >= 15 is 0 Å².